The lowest BCUT2D eigenvalue weighted by Crippen LogP contribution is -2.36. The van der Waals surface area contributed by atoms with Crippen molar-refractivity contribution in [1.29, 1.82) is 0 Å². The predicted octanol–water partition coefficient (Wildman–Crippen LogP) is 12.0. The standard InChI is InChI=1S/C53H38N6/c1-57-52(38-25-23-34-13-5-7-15-36(34)27-38)55-51(56-53(57)39-26-24-35-14-6-8-16-37(35)28-39)40-29-42(33-54-32-40)59-48-22-12-10-20-44(48)46-30-45-43-19-9-11-21-47(43)58(49(45)31-50(46)59)41-17-3-2-4-18-41/h2-32,52,54H,33H2,1H3. The highest BCUT2D eigenvalue weighted by molar-refractivity contribution is 6.20. The molecule has 59 heavy (non-hydrogen) atoms. The molecular formula is C53H38N6. The number of aliphatic imine (C=N–C) groups is 2. The van der Waals surface area contributed by atoms with Crippen LogP contribution in [-0.4, -0.2) is 39.3 Å². The van der Waals surface area contributed by atoms with E-state index in [2.05, 4.69) is 215 Å². The molecule has 2 aromatic heterocycles. The van der Waals surface area contributed by atoms with E-state index in [1.165, 1.54) is 59.6 Å². The third-order valence-electron chi connectivity index (χ3n) is 12.1. The number of para-hydroxylation sites is 3. The Morgan fingerprint density at radius 2 is 1.14 bits per heavy atom. The fraction of sp³-hybridized carbons (Fsp3) is 0.0566. The topological polar surface area (TPSA) is 49.9 Å². The highest BCUT2D eigenvalue weighted by atomic mass is 15.3. The molecule has 6 heteroatoms. The maximum absolute atomic E-state index is 5.44. The largest absolute Gasteiger partial charge is 0.385 e. The zero-order valence-electron chi connectivity index (χ0n) is 32.4. The molecule has 12 rings (SSSR count). The average molecular weight is 759 g/mol. The summed E-state index contributed by atoms with van der Waals surface area (Å²) in [5, 5.41) is 13.4. The molecule has 0 bridgehead atoms. The van der Waals surface area contributed by atoms with Crippen molar-refractivity contribution in [2.24, 2.45) is 9.98 Å². The van der Waals surface area contributed by atoms with Gasteiger partial charge >= 0.3 is 0 Å². The van der Waals surface area contributed by atoms with Gasteiger partial charge in [-0.1, -0.05) is 127 Å². The van der Waals surface area contributed by atoms with Gasteiger partial charge in [0.05, 0.1) is 28.6 Å². The summed E-state index contributed by atoms with van der Waals surface area (Å²) in [6.45, 7) is 0.652. The van der Waals surface area contributed by atoms with Crippen LogP contribution in [0.2, 0.25) is 0 Å². The van der Waals surface area contributed by atoms with Gasteiger partial charge in [-0.3, -0.25) is 0 Å². The van der Waals surface area contributed by atoms with Crippen molar-refractivity contribution in [2.75, 3.05) is 13.6 Å². The van der Waals surface area contributed by atoms with Crippen LogP contribution in [0.5, 0.6) is 0 Å². The van der Waals surface area contributed by atoms with Crippen molar-refractivity contribution < 1.29 is 0 Å². The first kappa shape index (κ1) is 33.4. The second kappa shape index (κ2) is 13.2. The van der Waals surface area contributed by atoms with Gasteiger partial charge in [-0.2, -0.15) is 0 Å². The molecular weight excluding hydrogens is 721 g/mol. The summed E-state index contributed by atoms with van der Waals surface area (Å²) in [6, 6.07) is 63.3. The second-order valence-electron chi connectivity index (χ2n) is 15.6. The number of aromatic nitrogens is 2. The van der Waals surface area contributed by atoms with Crippen LogP contribution in [0.1, 0.15) is 17.3 Å². The summed E-state index contributed by atoms with van der Waals surface area (Å²) in [5.41, 5.74) is 10.1. The van der Waals surface area contributed by atoms with Crippen LogP contribution >= 0.6 is 0 Å². The smallest absolute Gasteiger partial charge is 0.160 e. The van der Waals surface area contributed by atoms with E-state index < -0.39 is 0 Å². The van der Waals surface area contributed by atoms with E-state index in [4.69, 9.17) is 9.98 Å². The van der Waals surface area contributed by atoms with Crippen molar-refractivity contribution >= 4 is 82.5 Å². The number of hydrogen-bond donors (Lipinski definition) is 1. The van der Waals surface area contributed by atoms with Crippen LogP contribution in [0.15, 0.2) is 204 Å². The lowest BCUT2D eigenvalue weighted by Gasteiger charge is -2.33. The molecule has 0 fully saturated rings. The Balaban J connectivity index is 1.05. The molecule has 10 aromatic rings. The zero-order valence-corrected chi connectivity index (χ0v) is 32.4. The Kier molecular flexibility index (Phi) is 7.47. The van der Waals surface area contributed by atoms with Gasteiger partial charge in [-0.05, 0) is 81.7 Å². The summed E-state index contributed by atoms with van der Waals surface area (Å²) >= 11 is 0. The van der Waals surface area contributed by atoms with Gasteiger partial charge in [0.2, 0.25) is 0 Å². The highest BCUT2D eigenvalue weighted by Crippen LogP contribution is 2.40. The molecule has 0 saturated carbocycles. The number of benzene rings is 8. The van der Waals surface area contributed by atoms with E-state index in [0.29, 0.717) is 12.4 Å². The van der Waals surface area contributed by atoms with Crippen molar-refractivity contribution in [3.05, 3.63) is 205 Å². The number of nitrogens with one attached hydrogen (secondary N) is 1. The number of nitrogens with zero attached hydrogens (tertiary/aromatic N) is 5. The fourth-order valence-electron chi connectivity index (χ4n) is 9.33. The molecule has 0 amide bonds. The Hall–Kier alpha value is -7.70. The zero-order chi connectivity index (χ0) is 39.0. The van der Waals surface area contributed by atoms with Gasteiger partial charge in [-0.15, -0.1) is 0 Å². The molecule has 0 saturated heterocycles. The van der Waals surface area contributed by atoms with Crippen molar-refractivity contribution in [2.45, 2.75) is 6.17 Å². The van der Waals surface area contributed by atoms with Crippen LogP contribution in [0.3, 0.4) is 0 Å². The number of amidine groups is 2. The summed E-state index contributed by atoms with van der Waals surface area (Å²) in [5.74, 6) is 1.58. The quantitative estimate of drug-likeness (QED) is 0.190. The lowest BCUT2D eigenvalue weighted by atomic mass is 10.0. The molecule has 2 aliphatic heterocycles. The highest BCUT2D eigenvalue weighted by Gasteiger charge is 2.29. The third-order valence-corrected chi connectivity index (χ3v) is 12.1. The molecule has 4 heterocycles. The van der Waals surface area contributed by atoms with E-state index in [0.717, 1.165) is 39.4 Å². The number of dihydropyridines is 1. The number of hydrogen-bond acceptors (Lipinski definition) is 4. The van der Waals surface area contributed by atoms with E-state index in [1.807, 2.05) is 0 Å². The van der Waals surface area contributed by atoms with Gasteiger partial charge in [0.1, 0.15) is 5.84 Å². The fourth-order valence-corrected chi connectivity index (χ4v) is 9.33. The van der Waals surface area contributed by atoms with E-state index >= 15 is 0 Å². The predicted molar refractivity (Wildman–Crippen MR) is 247 cm³/mol. The number of fused-ring (bicyclic) bond motifs is 8. The molecule has 2 aliphatic rings. The minimum absolute atomic E-state index is 0.283. The summed E-state index contributed by atoms with van der Waals surface area (Å²) in [7, 11) is 2.11. The van der Waals surface area contributed by atoms with Crippen molar-refractivity contribution in [3.8, 4) is 5.69 Å². The number of rotatable bonds is 5. The first-order valence-electron chi connectivity index (χ1n) is 20.2. The van der Waals surface area contributed by atoms with Crippen molar-refractivity contribution in [1.82, 2.24) is 19.4 Å². The van der Waals surface area contributed by atoms with Crippen molar-refractivity contribution in [3.63, 3.8) is 0 Å². The van der Waals surface area contributed by atoms with Gasteiger partial charge in [0.15, 0.2) is 12.0 Å². The molecule has 0 spiro atoms. The minimum Gasteiger partial charge on any atom is -0.385 e. The molecule has 6 nitrogen and oxygen atoms in total. The van der Waals surface area contributed by atoms with Gasteiger partial charge < -0.3 is 19.4 Å². The first-order chi connectivity index (χ1) is 29.2. The maximum Gasteiger partial charge on any atom is 0.160 e. The average Bonchev–Trinajstić information content (AvgIpc) is 3.80. The van der Waals surface area contributed by atoms with Crippen LogP contribution in [0.4, 0.5) is 0 Å². The molecule has 0 aliphatic carbocycles. The molecule has 8 aromatic carbocycles. The van der Waals surface area contributed by atoms with E-state index in [-0.39, 0.29) is 6.17 Å². The third kappa shape index (κ3) is 5.34. The Morgan fingerprint density at radius 1 is 0.525 bits per heavy atom. The van der Waals surface area contributed by atoms with Gasteiger partial charge in [0, 0.05) is 57.3 Å². The van der Waals surface area contributed by atoms with E-state index in [1.54, 1.807) is 0 Å². The van der Waals surface area contributed by atoms with E-state index in [9.17, 15) is 0 Å². The van der Waals surface area contributed by atoms with Crippen LogP contribution in [0.25, 0.3) is 76.5 Å². The van der Waals surface area contributed by atoms with Crippen LogP contribution < -0.4 is 5.32 Å². The second-order valence-corrected chi connectivity index (χ2v) is 15.6. The van der Waals surface area contributed by atoms with Gasteiger partial charge in [-0.25, -0.2) is 9.98 Å². The Bertz CT molecular complexity index is 3470. The molecule has 1 N–H and O–H groups in total. The minimum atomic E-state index is -0.283. The van der Waals surface area contributed by atoms with Crippen LogP contribution in [-0.2, 0) is 0 Å². The molecule has 280 valence electrons. The Labute approximate surface area is 341 Å². The van der Waals surface area contributed by atoms with Crippen LogP contribution in [0, 0.1) is 0 Å². The SMILES string of the molecule is CN1C(c2ccc3ccccc3c2)=NC(C2=CNCC(n3c4ccccc4c4cc5c6ccccc6n(-c6ccccc6)c5cc43)=C2)=NC1c1ccc2ccccc2c1. The molecule has 1 atom stereocenters. The maximum atomic E-state index is 5.44. The van der Waals surface area contributed by atoms with Gasteiger partial charge in [0.25, 0.3) is 0 Å². The normalized spacial score (nSPS) is 15.8. The summed E-state index contributed by atoms with van der Waals surface area (Å²) in [6.07, 6.45) is 4.07. The lowest BCUT2D eigenvalue weighted by molar-refractivity contribution is 0.383. The Morgan fingerprint density at radius 3 is 1.88 bits per heavy atom. The summed E-state index contributed by atoms with van der Waals surface area (Å²) in [4.78, 5) is 13.0. The summed E-state index contributed by atoms with van der Waals surface area (Å²) < 4.78 is 4.83. The monoisotopic (exact) mass is 758 g/mol. The molecule has 1 unspecified atom stereocenters. The molecule has 0 radical (unpaired) electrons. The first-order valence-corrected chi connectivity index (χ1v) is 20.2.